The summed E-state index contributed by atoms with van der Waals surface area (Å²) in [6, 6.07) is 0. The molecule has 1 N–H and O–H groups in total. The molecule has 0 amide bonds. The van der Waals surface area contributed by atoms with Gasteiger partial charge in [-0.25, -0.2) is 0 Å². The SMILES string of the molecule is CCCCCCCCC(=O)/C=C(\O)CCCCCCCC. The van der Waals surface area contributed by atoms with Crippen LogP contribution in [0.15, 0.2) is 11.8 Å². The highest BCUT2D eigenvalue weighted by Gasteiger charge is 2.01. The van der Waals surface area contributed by atoms with Crippen molar-refractivity contribution in [3.63, 3.8) is 0 Å². The Morgan fingerprint density at radius 3 is 1.67 bits per heavy atom. The summed E-state index contributed by atoms with van der Waals surface area (Å²) in [5, 5.41) is 9.74. The molecule has 0 atom stereocenters. The summed E-state index contributed by atoms with van der Waals surface area (Å²) in [6.45, 7) is 4.42. The van der Waals surface area contributed by atoms with Crippen molar-refractivity contribution in [2.24, 2.45) is 0 Å². The van der Waals surface area contributed by atoms with Crippen LogP contribution in [0, 0.1) is 0 Å². The lowest BCUT2D eigenvalue weighted by molar-refractivity contribution is -0.114. The normalized spacial score (nSPS) is 11.8. The number of aliphatic hydroxyl groups is 1. The number of hydrogen-bond acceptors (Lipinski definition) is 2. The smallest absolute Gasteiger partial charge is 0.159 e. The first kappa shape index (κ1) is 20.2. The molecule has 0 aromatic heterocycles. The topological polar surface area (TPSA) is 37.3 Å². The third kappa shape index (κ3) is 15.4. The maximum absolute atomic E-state index is 11.7. The van der Waals surface area contributed by atoms with Crippen LogP contribution >= 0.6 is 0 Å². The molecule has 0 aliphatic rings. The van der Waals surface area contributed by atoms with Gasteiger partial charge in [0.1, 0.15) is 0 Å². The van der Waals surface area contributed by atoms with Crippen molar-refractivity contribution in [1.82, 2.24) is 0 Å². The van der Waals surface area contributed by atoms with E-state index in [1.54, 1.807) is 0 Å². The quantitative estimate of drug-likeness (QED) is 0.213. The van der Waals surface area contributed by atoms with Gasteiger partial charge >= 0.3 is 0 Å². The standard InChI is InChI=1S/C19H36O2/c1-3-5-7-9-11-13-15-18(20)17-19(21)16-14-12-10-8-6-4-2/h17,20H,3-16H2,1-2H3/b18-17-. The lowest BCUT2D eigenvalue weighted by atomic mass is 10.1. The van der Waals surface area contributed by atoms with E-state index in [4.69, 9.17) is 0 Å². The zero-order valence-corrected chi connectivity index (χ0v) is 14.3. The molecule has 0 fully saturated rings. The zero-order chi connectivity index (χ0) is 15.8. The zero-order valence-electron chi connectivity index (χ0n) is 14.3. The predicted octanol–water partition coefficient (Wildman–Crippen LogP) is 6.50. The number of carbonyl (C=O) groups excluding carboxylic acids is 1. The van der Waals surface area contributed by atoms with Crippen LogP contribution in [0.3, 0.4) is 0 Å². The summed E-state index contributed by atoms with van der Waals surface area (Å²) >= 11 is 0. The van der Waals surface area contributed by atoms with E-state index < -0.39 is 0 Å². The summed E-state index contributed by atoms with van der Waals surface area (Å²) in [5.74, 6) is 0.371. The molecule has 0 unspecified atom stereocenters. The van der Waals surface area contributed by atoms with Crippen molar-refractivity contribution in [1.29, 1.82) is 0 Å². The third-order valence-electron chi connectivity index (χ3n) is 3.89. The molecular formula is C19H36O2. The van der Waals surface area contributed by atoms with Crippen LogP contribution in [0.25, 0.3) is 0 Å². The Bertz CT molecular complexity index is 269. The molecule has 124 valence electrons. The summed E-state index contributed by atoms with van der Waals surface area (Å²) in [5.41, 5.74) is 0. The number of ketones is 1. The minimum atomic E-state index is 0.0916. The molecule has 0 spiro atoms. The van der Waals surface area contributed by atoms with Crippen molar-refractivity contribution in [3.8, 4) is 0 Å². The lowest BCUT2D eigenvalue weighted by Crippen LogP contribution is -1.96. The van der Waals surface area contributed by atoms with Gasteiger partial charge in [0, 0.05) is 18.9 Å². The van der Waals surface area contributed by atoms with Gasteiger partial charge in [-0.15, -0.1) is 0 Å². The van der Waals surface area contributed by atoms with Gasteiger partial charge in [-0.3, -0.25) is 4.79 Å². The molecule has 0 saturated carbocycles. The van der Waals surface area contributed by atoms with Crippen LogP contribution in [-0.2, 0) is 4.79 Å². The van der Waals surface area contributed by atoms with Crippen molar-refractivity contribution in [2.45, 2.75) is 104 Å². The second-order valence-electron chi connectivity index (χ2n) is 6.14. The van der Waals surface area contributed by atoms with E-state index in [2.05, 4.69) is 13.8 Å². The minimum absolute atomic E-state index is 0.0916. The highest BCUT2D eigenvalue weighted by molar-refractivity contribution is 5.89. The molecule has 0 aliphatic heterocycles. The van der Waals surface area contributed by atoms with Gasteiger partial charge in [-0.1, -0.05) is 78.1 Å². The fraction of sp³-hybridized carbons (Fsp3) is 0.842. The van der Waals surface area contributed by atoms with E-state index in [1.807, 2.05) is 0 Å². The molecule has 0 aromatic rings. The number of aliphatic hydroxyl groups excluding tert-OH is 1. The summed E-state index contributed by atoms with van der Waals surface area (Å²) in [7, 11) is 0. The Kier molecular flexibility index (Phi) is 15.0. The summed E-state index contributed by atoms with van der Waals surface area (Å²) in [6.07, 6.45) is 17.1. The maximum Gasteiger partial charge on any atom is 0.159 e. The first-order valence-corrected chi connectivity index (χ1v) is 9.13. The predicted molar refractivity (Wildman–Crippen MR) is 91.7 cm³/mol. The van der Waals surface area contributed by atoms with Crippen molar-refractivity contribution < 1.29 is 9.90 Å². The number of allylic oxidation sites excluding steroid dienone is 2. The van der Waals surface area contributed by atoms with Crippen LogP contribution in [-0.4, -0.2) is 10.9 Å². The molecule has 2 nitrogen and oxygen atoms in total. The van der Waals surface area contributed by atoms with E-state index in [0.29, 0.717) is 12.8 Å². The van der Waals surface area contributed by atoms with Crippen LogP contribution in [0.5, 0.6) is 0 Å². The Balaban J connectivity index is 3.51. The largest absolute Gasteiger partial charge is 0.512 e. The van der Waals surface area contributed by atoms with Crippen molar-refractivity contribution in [3.05, 3.63) is 11.8 Å². The first-order chi connectivity index (χ1) is 10.2. The van der Waals surface area contributed by atoms with Gasteiger partial charge in [-0.2, -0.15) is 0 Å². The Labute approximate surface area is 132 Å². The summed E-state index contributed by atoms with van der Waals surface area (Å²) in [4.78, 5) is 11.7. The van der Waals surface area contributed by atoms with Gasteiger partial charge in [-0.05, 0) is 12.8 Å². The van der Waals surface area contributed by atoms with Crippen LogP contribution in [0.2, 0.25) is 0 Å². The second kappa shape index (κ2) is 15.6. The average Bonchev–Trinajstić information content (AvgIpc) is 2.46. The molecule has 0 saturated heterocycles. The fourth-order valence-corrected chi connectivity index (χ4v) is 2.50. The molecule has 0 rings (SSSR count). The molecule has 0 heterocycles. The number of unbranched alkanes of at least 4 members (excludes halogenated alkanes) is 10. The molecule has 0 aromatic carbocycles. The Morgan fingerprint density at radius 2 is 1.14 bits per heavy atom. The van der Waals surface area contributed by atoms with Gasteiger partial charge < -0.3 is 5.11 Å². The molecule has 21 heavy (non-hydrogen) atoms. The van der Waals surface area contributed by atoms with Crippen LogP contribution in [0.1, 0.15) is 104 Å². The van der Waals surface area contributed by atoms with Gasteiger partial charge in [0.05, 0.1) is 5.76 Å². The Hall–Kier alpha value is -0.790. The van der Waals surface area contributed by atoms with E-state index in [9.17, 15) is 9.90 Å². The van der Waals surface area contributed by atoms with Gasteiger partial charge in [0.15, 0.2) is 5.78 Å². The van der Waals surface area contributed by atoms with Crippen LogP contribution < -0.4 is 0 Å². The van der Waals surface area contributed by atoms with E-state index in [0.717, 1.165) is 25.7 Å². The maximum atomic E-state index is 11.7. The number of rotatable bonds is 15. The molecule has 0 bridgehead atoms. The summed E-state index contributed by atoms with van der Waals surface area (Å²) < 4.78 is 0. The van der Waals surface area contributed by atoms with Crippen molar-refractivity contribution >= 4 is 5.78 Å². The lowest BCUT2D eigenvalue weighted by Gasteiger charge is -2.02. The highest BCUT2D eigenvalue weighted by Crippen LogP contribution is 2.11. The average molecular weight is 296 g/mol. The monoisotopic (exact) mass is 296 g/mol. The second-order valence-corrected chi connectivity index (χ2v) is 6.14. The van der Waals surface area contributed by atoms with Gasteiger partial charge in [0.2, 0.25) is 0 Å². The van der Waals surface area contributed by atoms with E-state index >= 15 is 0 Å². The van der Waals surface area contributed by atoms with Gasteiger partial charge in [0.25, 0.3) is 0 Å². The Morgan fingerprint density at radius 1 is 0.714 bits per heavy atom. The molecular weight excluding hydrogens is 260 g/mol. The number of hydrogen-bond donors (Lipinski definition) is 1. The van der Waals surface area contributed by atoms with Crippen molar-refractivity contribution in [2.75, 3.05) is 0 Å². The fourth-order valence-electron chi connectivity index (χ4n) is 2.50. The van der Waals surface area contributed by atoms with E-state index in [1.165, 1.54) is 57.4 Å². The number of carbonyl (C=O) groups is 1. The third-order valence-corrected chi connectivity index (χ3v) is 3.89. The molecule has 2 heteroatoms. The van der Waals surface area contributed by atoms with E-state index in [-0.39, 0.29) is 11.5 Å². The molecule has 0 aliphatic carbocycles. The van der Waals surface area contributed by atoms with Crippen LogP contribution in [0.4, 0.5) is 0 Å². The first-order valence-electron chi connectivity index (χ1n) is 9.13. The minimum Gasteiger partial charge on any atom is -0.512 e. The highest BCUT2D eigenvalue weighted by atomic mass is 16.3. The molecule has 0 radical (unpaired) electrons.